The lowest BCUT2D eigenvalue weighted by Crippen LogP contribution is -2.28. The Hall–Kier alpha value is -2.68. The Bertz CT molecular complexity index is 1030. The van der Waals surface area contributed by atoms with Gasteiger partial charge in [0.1, 0.15) is 0 Å². The van der Waals surface area contributed by atoms with E-state index >= 15 is 0 Å². The van der Waals surface area contributed by atoms with Crippen LogP contribution in [0.1, 0.15) is 33.2 Å². The SMILES string of the molecule is C/C(=C1/SC(=S)N(c2cc(C(=O)O)cc(C(=O)O)c2)C1=O)c1ccc(Cl)cc1. The topological polar surface area (TPSA) is 94.9 Å². The van der Waals surface area contributed by atoms with Crippen LogP contribution in [0, 0.1) is 0 Å². The number of allylic oxidation sites excluding steroid dienone is 1. The average molecular weight is 434 g/mol. The molecule has 6 nitrogen and oxygen atoms in total. The van der Waals surface area contributed by atoms with Crippen LogP contribution in [0.25, 0.3) is 5.57 Å². The van der Waals surface area contributed by atoms with E-state index in [0.717, 1.165) is 28.3 Å². The highest BCUT2D eigenvalue weighted by molar-refractivity contribution is 8.27. The molecule has 0 aromatic heterocycles. The summed E-state index contributed by atoms with van der Waals surface area (Å²) in [6.07, 6.45) is 0. The average Bonchev–Trinajstić information content (AvgIpc) is 2.95. The summed E-state index contributed by atoms with van der Waals surface area (Å²) in [6, 6.07) is 10.4. The first-order valence-corrected chi connectivity index (χ1v) is 9.44. The monoisotopic (exact) mass is 433 g/mol. The smallest absolute Gasteiger partial charge is 0.335 e. The third kappa shape index (κ3) is 3.80. The van der Waals surface area contributed by atoms with Crippen LogP contribution >= 0.6 is 35.6 Å². The Morgan fingerprint density at radius 2 is 1.54 bits per heavy atom. The van der Waals surface area contributed by atoms with Crippen molar-refractivity contribution < 1.29 is 24.6 Å². The van der Waals surface area contributed by atoms with Gasteiger partial charge in [0.05, 0.1) is 21.7 Å². The van der Waals surface area contributed by atoms with Crippen molar-refractivity contribution in [3.63, 3.8) is 0 Å². The van der Waals surface area contributed by atoms with Gasteiger partial charge >= 0.3 is 11.9 Å². The Morgan fingerprint density at radius 3 is 2.04 bits per heavy atom. The lowest BCUT2D eigenvalue weighted by atomic mass is 10.1. The van der Waals surface area contributed by atoms with Gasteiger partial charge < -0.3 is 10.2 Å². The molecule has 2 aromatic rings. The summed E-state index contributed by atoms with van der Waals surface area (Å²) in [4.78, 5) is 37.2. The molecule has 0 unspecified atom stereocenters. The van der Waals surface area contributed by atoms with Crippen LogP contribution < -0.4 is 4.90 Å². The first-order chi connectivity index (χ1) is 13.2. The van der Waals surface area contributed by atoms with Crippen molar-refractivity contribution >= 4 is 69.0 Å². The highest BCUT2D eigenvalue weighted by Gasteiger charge is 2.35. The molecule has 28 heavy (non-hydrogen) atoms. The molecular weight excluding hydrogens is 422 g/mol. The number of halogens is 1. The summed E-state index contributed by atoms with van der Waals surface area (Å²) in [7, 11) is 0. The molecule has 1 fully saturated rings. The largest absolute Gasteiger partial charge is 0.478 e. The van der Waals surface area contributed by atoms with E-state index in [1.807, 2.05) is 0 Å². The number of carboxylic acid groups (broad SMARTS) is 2. The first-order valence-electron chi connectivity index (χ1n) is 7.84. The van der Waals surface area contributed by atoms with Gasteiger partial charge in [-0.05, 0) is 48.4 Å². The number of hydrogen-bond donors (Lipinski definition) is 2. The molecule has 0 spiro atoms. The molecule has 0 aliphatic carbocycles. The van der Waals surface area contributed by atoms with E-state index in [1.54, 1.807) is 31.2 Å². The first kappa shape index (κ1) is 20.1. The quantitative estimate of drug-likeness (QED) is 0.540. The summed E-state index contributed by atoms with van der Waals surface area (Å²) >= 11 is 12.3. The van der Waals surface area contributed by atoms with E-state index in [4.69, 9.17) is 23.8 Å². The molecule has 1 aliphatic rings. The van der Waals surface area contributed by atoms with Gasteiger partial charge in [0.25, 0.3) is 5.91 Å². The molecule has 9 heteroatoms. The number of carbonyl (C=O) groups is 3. The van der Waals surface area contributed by atoms with Gasteiger partial charge in [-0.2, -0.15) is 0 Å². The number of hydrogen-bond acceptors (Lipinski definition) is 5. The lowest BCUT2D eigenvalue weighted by Gasteiger charge is -2.16. The van der Waals surface area contributed by atoms with Gasteiger partial charge in [-0.3, -0.25) is 9.69 Å². The fraction of sp³-hybridized carbons (Fsp3) is 0.0526. The molecule has 2 N–H and O–H groups in total. The number of thiocarbonyl (C=S) groups is 1. The van der Waals surface area contributed by atoms with E-state index in [9.17, 15) is 24.6 Å². The fourth-order valence-corrected chi connectivity index (χ4v) is 4.11. The molecule has 1 aliphatic heterocycles. The van der Waals surface area contributed by atoms with Crippen molar-refractivity contribution in [1.82, 2.24) is 0 Å². The highest BCUT2D eigenvalue weighted by Crippen LogP contribution is 2.39. The minimum absolute atomic E-state index is 0.0960. The second-order valence-electron chi connectivity index (χ2n) is 5.85. The van der Waals surface area contributed by atoms with Crippen molar-refractivity contribution in [2.75, 3.05) is 4.90 Å². The molecule has 0 radical (unpaired) electrons. The van der Waals surface area contributed by atoms with Gasteiger partial charge in [-0.25, -0.2) is 9.59 Å². The number of carbonyl (C=O) groups excluding carboxylic acids is 1. The van der Waals surface area contributed by atoms with Crippen LogP contribution in [-0.4, -0.2) is 32.4 Å². The second-order valence-corrected chi connectivity index (χ2v) is 7.93. The number of rotatable bonds is 4. The molecule has 1 heterocycles. The van der Waals surface area contributed by atoms with Crippen molar-refractivity contribution in [3.05, 3.63) is 69.1 Å². The molecule has 0 atom stereocenters. The molecule has 1 amide bonds. The van der Waals surface area contributed by atoms with Crippen molar-refractivity contribution in [2.45, 2.75) is 6.92 Å². The standard InChI is InChI=1S/C19H12ClNO5S2/c1-9(10-2-4-13(20)5-3-10)15-16(22)21(19(27)28-15)14-7-11(17(23)24)6-12(8-14)18(25)26/h2-8H,1H3,(H,23,24)(H,25,26)/b15-9-. The molecule has 2 aromatic carbocycles. The summed E-state index contributed by atoms with van der Waals surface area (Å²) in [6.45, 7) is 1.77. The predicted octanol–water partition coefficient (Wildman–Crippen LogP) is 4.53. The van der Waals surface area contributed by atoms with Crippen molar-refractivity contribution in [2.24, 2.45) is 0 Å². The number of nitrogens with zero attached hydrogens (tertiary/aromatic N) is 1. The zero-order valence-corrected chi connectivity index (χ0v) is 16.7. The number of benzene rings is 2. The number of thioether (sulfide) groups is 1. The fourth-order valence-electron chi connectivity index (χ4n) is 2.64. The van der Waals surface area contributed by atoms with Gasteiger partial charge in [0.15, 0.2) is 4.32 Å². The van der Waals surface area contributed by atoms with E-state index in [2.05, 4.69) is 0 Å². The van der Waals surface area contributed by atoms with Gasteiger partial charge in [-0.15, -0.1) is 0 Å². The Kier molecular flexibility index (Phi) is 5.55. The minimum Gasteiger partial charge on any atom is -0.478 e. The van der Waals surface area contributed by atoms with Gasteiger partial charge in [0, 0.05) is 5.02 Å². The predicted molar refractivity (Wildman–Crippen MR) is 112 cm³/mol. The maximum Gasteiger partial charge on any atom is 0.335 e. The number of amides is 1. The molecule has 142 valence electrons. The minimum atomic E-state index is -1.30. The van der Waals surface area contributed by atoms with E-state index in [1.165, 1.54) is 12.1 Å². The van der Waals surface area contributed by atoms with Gasteiger partial charge in [-0.1, -0.05) is 47.7 Å². The van der Waals surface area contributed by atoms with Crippen LogP contribution in [0.3, 0.4) is 0 Å². The normalized spacial score (nSPS) is 15.7. The molecule has 3 rings (SSSR count). The third-order valence-electron chi connectivity index (χ3n) is 4.06. The van der Waals surface area contributed by atoms with Crippen LogP contribution in [-0.2, 0) is 4.79 Å². The number of aromatic carboxylic acids is 2. The molecule has 0 bridgehead atoms. The van der Waals surface area contributed by atoms with Crippen LogP contribution in [0.5, 0.6) is 0 Å². The van der Waals surface area contributed by atoms with Gasteiger partial charge in [0.2, 0.25) is 0 Å². The lowest BCUT2D eigenvalue weighted by molar-refractivity contribution is -0.113. The zero-order valence-electron chi connectivity index (χ0n) is 14.3. The maximum absolute atomic E-state index is 13.0. The summed E-state index contributed by atoms with van der Waals surface area (Å²) in [5.41, 5.74) is 1.07. The van der Waals surface area contributed by atoms with Crippen molar-refractivity contribution in [1.29, 1.82) is 0 Å². The van der Waals surface area contributed by atoms with Crippen molar-refractivity contribution in [3.8, 4) is 0 Å². The van der Waals surface area contributed by atoms with Crippen LogP contribution in [0.2, 0.25) is 5.02 Å². The molecule has 0 saturated carbocycles. The number of anilines is 1. The second kappa shape index (κ2) is 7.75. The van der Waals surface area contributed by atoms with E-state index in [-0.39, 0.29) is 21.1 Å². The Balaban J connectivity index is 2.07. The highest BCUT2D eigenvalue weighted by atomic mass is 35.5. The van der Waals surface area contributed by atoms with E-state index in [0.29, 0.717) is 15.5 Å². The third-order valence-corrected chi connectivity index (χ3v) is 5.78. The summed E-state index contributed by atoms with van der Waals surface area (Å²) in [5.74, 6) is -3.05. The summed E-state index contributed by atoms with van der Waals surface area (Å²) < 4.78 is 0.187. The Morgan fingerprint density at radius 1 is 1.00 bits per heavy atom. The zero-order chi connectivity index (χ0) is 20.6. The summed E-state index contributed by atoms with van der Waals surface area (Å²) in [5, 5.41) is 19.1. The van der Waals surface area contributed by atoms with Crippen LogP contribution in [0.4, 0.5) is 5.69 Å². The molecular formula is C19H12ClNO5S2. The van der Waals surface area contributed by atoms with Crippen LogP contribution in [0.15, 0.2) is 47.4 Å². The maximum atomic E-state index is 13.0. The van der Waals surface area contributed by atoms with E-state index < -0.39 is 17.8 Å². The number of carboxylic acids is 2. The Labute approximate surface area is 174 Å². The molecule has 1 saturated heterocycles.